The van der Waals surface area contributed by atoms with E-state index in [1.165, 1.54) is 43.5 Å². The van der Waals surface area contributed by atoms with Gasteiger partial charge in [0.25, 0.3) is 0 Å². The summed E-state index contributed by atoms with van der Waals surface area (Å²) in [6.07, 6.45) is -0.176. The Morgan fingerprint density at radius 1 is 1.19 bits per heavy atom. The van der Waals surface area contributed by atoms with Crippen molar-refractivity contribution in [2.45, 2.75) is 11.0 Å². The summed E-state index contributed by atoms with van der Waals surface area (Å²) in [4.78, 5) is 0.0768. The number of ether oxygens (including phenoxy) is 1. The van der Waals surface area contributed by atoms with E-state index < -0.39 is 21.8 Å². The smallest absolute Gasteiger partial charge is 0.175 e. The predicted molar refractivity (Wildman–Crippen MR) is 76.6 cm³/mol. The van der Waals surface area contributed by atoms with Gasteiger partial charge in [0.05, 0.1) is 12.0 Å². The van der Waals surface area contributed by atoms with Crippen LogP contribution in [0.1, 0.15) is 17.2 Å². The van der Waals surface area contributed by atoms with E-state index in [0.717, 1.165) is 6.26 Å². The molecule has 0 fully saturated rings. The standard InChI is InChI=1S/C15H15FO4S/c1-20-11-6-7-13(14(16)9-11)15(17)10-4-3-5-12(8-10)21(2,18)19/h3-9,15,17H,1-2H3. The SMILES string of the molecule is COc1ccc(C(O)c2cccc(S(C)(=O)=O)c2)c(F)c1. The number of rotatable bonds is 4. The molecule has 1 atom stereocenters. The Hall–Kier alpha value is -1.92. The van der Waals surface area contributed by atoms with Gasteiger partial charge in [0.15, 0.2) is 9.84 Å². The molecular formula is C15H15FO4S. The first kappa shape index (κ1) is 15.5. The lowest BCUT2D eigenvalue weighted by Gasteiger charge is -2.14. The van der Waals surface area contributed by atoms with Crippen LogP contribution in [0, 0.1) is 5.82 Å². The Kier molecular flexibility index (Phi) is 4.29. The van der Waals surface area contributed by atoms with Crippen LogP contribution in [0.4, 0.5) is 4.39 Å². The zero-order chi connectivity index (χ0) is 15.6. The summed E-state index contributed by atoms with van der Waals surface area (Å²) in [7, 11) is -1.97. The van der Waals surface area contributed by atoms with Crippen LogP contribution in [0.5, 0.6) is 5.75 Å². The molecule has 0 aliphatic rings. The highest BCUT2D eigenvalue weighted by Crippen LogP contribution is 2.28. The van der Waals surface area contributed by atoms with Gasteiger partial charge in [0.2, 0.25) is 0 Å². The van der Waals surface area contributed by atoms with Crippen molar-refractivity contribution < 1.29 is 22.7 Å². The summed E-state index contributed by atoms with van der Waals surface area (Å²) in [5.41, 5.74) is 0.364. The number of methoxy groups -OCH3 is 1. The van der Waals surface area contributed by atoms with Crippen LogP contribution >= 0.6 is 0 Å². The van der Waals surface area contributed by atoms with Crippen molar-refractivity contribution in [1.29, 1.82) is 0 Å². The summed E-state index contributed by atoms with van der Waals surface area (Å²) in [5.74, 6) is -0.278. The Morgan fingerprint density at radius 3 is 2.48 bits per heavy atom. The summed E-state index contributed by atoms with van der Waals surface area (Å²) in [6, 6.07) is 9.92. The molecule has 0 spiro atoms. The quantitative estimate of drug-likeness (QED) is 0.941. The monoisotopic (exact) mass is 310 g/mol. The molecule has 2 aromatic rings. The largest absolute Gasteiger partial charge is 0.497 e. The summed E-state index contributed by atoms with van der Waals surface area (Å²) >= 11 is 0. The Labute approximate surface area is 122 Å². The molecule has 1 N–H and O–H groups in total. The van der Waals surface area contributed by atoms with E-state index in [1.54, 1.807) is 6.07 Å². The minimum absolute atomic E-state index is 0.0569. The number of sulfone groups is 1. The molecule has 0 radical (unpaired) electrons. The Balaban J connectivity index is 2.43. The number of halogens is 1. The second-order valence-corrected chi connectivity index (χ2v) is 6.65. The van der Waals surface area contributed by atoms with Gasteiger partial charge < -0.3 is 9.84 Å². The first-order chi connectivity index (χ1) is 9.82. The molecule has 6 heteroatoms. The lowest BCUT2D eigenvalue weighted by Crippen LogP contribution is -2.05. The normalized spacial score (nSPS) is 13.0. The zero-order valence-electron chi connectivity index (χ0n) is 11.6. The molecule has 4 nitrogen and oxygen atoms in total. The third kappa shape index (κ3) is 3.40. The van der Waals surface area contributed by atoms with Crippen molar-refractivity contribution in [3.05, 3.63) is 59.4 Å². The predicted octanol–water partition coefficient (Wildman–Crippen LogP) is 2.32. The molecule has 2 aromatic carbocycles. The van der Waals surface area contributed by atoms with Gasteiger partial charge in [-0.05, 0) is 29.8 Å². The maximum absolute atomic E-state index is 13.9. The van der Waals surface area contributed by atoms with Crippen molar-refractivity contribution in [3.8, 4) is 5.75 Å². The fraction of sp³-hybridized carbons (Fsp3) is 0.200. The van der Waals surface area contributed by atoms with Crippen LogP contribution in [-0.2, 0) is 9.84 Å². The highest BCUT2D eigenvalue weighted by Gasteiger charge is 2.17. The van der Waals surface area contributed by atoms with Gasteiger partial charge in [-0.1, -0.05) is 12.1 Å². The molecule has 112 valence electrons. The first-order valence-corrected chi connectivity index (χ1v) is 8.03. The van der Waals surface area contributed by atoms with Crippen molar-refractivity contribution in [3.63, 3.8) is 0 Å². The van der Waals surface area contributed by atoms with E-state index in [9.17, 15) is 17.9 Å². The van der Waals surface area contributed by atoms with E-state index in [4.69, 9.17) is 4.74 Å². The van der Waals surface area contributed by atoms with Crippen LogP contribution in [0.25, 0.3) is 0 Å². The number of benzene rings is 2. The van der Waals surface area contributed by atoms with Gasteiger partial charge in [-0.3, -0.25) is 0 Å². The average molecular weight is 310 g/mol. The minimum Gasteiger partial charge on any atom is -0.497 e. The summed E-state index contributed by atoms with van der Waals surface area (Å²) in [5, 5.41) is 10.3. The second-order valence-electron chi connectivity index (χ2n) is 4.63. The van der Waals surface area contributed by atoms with Crippen LogP contribution in [-0.4, -0.2) is 26.9 Å². The van der Waals surface area contributed by atoms with E-state index in [1.807, 2.05) is 0 Å². The maximum Gasteiger partial charge on any atom is 0.175 e. The second kappa shape index (κ2) is 5.83. The Bertz CT molecular complexity index is 756. The van der Waals surface area contributed by atoms with Crippen LogP contribution < -0.4 is 4.74 Å². The van der Waals surface area contributed by atoms with E-state index >= 15 is 0 Å². The number of hydrogen-bond donors (Lipinski definition) is 1. The van der Waals surface area contributed by atoms with E-state index in [-0.39, 0.29) is 10.5 Å². The van der Waals surface area contributed by atoms with Crippen LogP contribution in [0.15, 0.2) is 47.4 Å². The first-order valence-electron chi connectivity index (χ1n) is 6.14. The molecule has 1 unspecified atom stereocenters. The fourth-order valence-corrected chi connectivity index (χ4v) is 2.63. The highest BCUT2D eigenvalue weighted by atomic mass is 32.2. The molecule has 21 heavy (non-hydrogen) atoms. The lowest BCUT2D eigenvalue weighted by atomic mass is 10.0. The van der Waals surface area contributed by atoms with E-state index in [0.29, 0.717) is 11.3 Å². The third-order valence-electron chi connectivity index (χ3n) is 3.10. The van der Waals surface area contributed by atoms with Crippen LogP contribution in [0.3, 0.4) is 0 Å². The van der Waals surface area contributed by atoms with Crippen molar-refractivity contribution >= 4 is 9.84 Å². The van der Waals surface area contributed by atoms with Crippen molar-refractivity contribution in [1.82, 2.24) is 0 Å². The number of aliphatic hydroxyl groups excluding tert-OH is 1. The van der Waals surface area contributed by atoms with Gasteiger partial charge in [-0.15, -0.1) is 0 Å². The van der Waals surface area contributed by atoms with Gasteiger partial charge in [0, 0.05) is 17.9 Å². The van der Waals surface area contributed by atoms with E-state index in [2.05, 4.69) is 0 Å². The Morgan fingerprint density at radius 2 is 1.90 bits per heavy atom. The summed E-state index contributed by atoms with van der Waals surface area (Å²) in [6.45, 7) is 0. The van der Waals surface area contributed by atoms with Crippen LogP contribution in [0.2, 0.25) is 0 Å². The molecule has 0 bridgehead atoms. The molecule has 0 heterocycles. The molecule has 0 saturated carbocycles. The zero-order valence-corrected chi connectivity index (χ0v) is 12.4. The van der Waals surface area contributed by atoms with Crippen molar-refractivity contribution in [2.75, 3.05) is 13.4 Å². The van der Waals surface area contributed by atoms with Gasteiger partial charge in [-0.2, -0.15) is 0 Å². The van der Waals surface area contributed by atoms with Gasteiger partial charge in [-0.25, -0.2) is 12.8 Å². The molecular weight excluding hydrogens is 295 g/mol. The molecule has 0 aliphatic heterocycles. The van der Waals surface area contributed by atoms with Gasteiger partial charge >= 0.3 is 0 Å². The molecule has 0 aromatic heterocycles. The topological polar surface area (TPSA) is 63.6 Å². The highest BCUT2D eigenvalue weighted by molar-refractivity contribution is 7.90. The minimum atomic E-state index is -3.39. The number of aliphatic hydroxyl groups is 1. The molecule has 2 rings (SSSR count). The fourth-order valence-electron chi connectivity index (χ4n) is 1.95. The molecule has 0 amide bonds. The average Bonchev–Trinajstić information content (AvgIpc) is 2.45. The lowest BCUT2D eigenvalue weighted by molar-refractivity contribution is 0.214. The molecule has 0 aliphatic carbocycles. The maximum atomic E-state index is 13.9. The molecule has 0 saturated heterocycles. The summed E-state index contributed by atoms with van der Waals surface area (Å²) < 4.78 is 41.9. The van der Waals surface area contributed by atoms with Crippen molar-refractivity contribution in [2.24, 2.45) is 0 Å². The van der Waals surface area contributed by atoms with Gasteiger partial charge in [0.1, 0.15) is 17.7 Å². The number of hydrogen-bond acceptors (Lipinski definition) is 4. The third-order valence-corrected chi connectivity index (χ3v) is 4.21.